The zero-order chi connectivity index (χ0) is 15.9. The summed E-state index contributed by atoms with van der Waals surface area (Å²) in [4.78, 5) is 12.0. The maximum Gasteiger partial charge on any atom is 0.224 e. The molecule has 0 saturated carbocycles. The van der Waals surface area contributed by atoms with E-state index in [2.05, 4.69) is 19.2 Å². The highest BCUT2D eigenvalue weighted by molar-refractivity contribution is 7.88. The van der Waals surface area contributed by atoms with Gasteiger partial charge in [-0.2, -0.15) is 0 Å². The topological polar surface area (TPSA) is 75.7 Å². The predicted octanol–water partition coefficient (Wildman–Crippen LogP) is 0.837. The number of hydrogen-bond donors (Lipinski definition) is 1. The van der Waals surface area contributed by atoms with Crippen LogP contribution in [0.5, 0.6) is 0 Å². The molecule has 124 valence electrons. The number of rotatable bonds is 8. The van der Waals surface area contributed by atoms with E-state index in [1.807, 2.05) is 0 Å². The van der Waals surface area contributed by atoms with Gasteiger partial charge in [0.15, 0.2) is 0 Å². The minimum atomic E-state index is -3.20. The van der Waals surface area contributed by atoms with E-state index in [1.165, 1.54) is 10.6 Å². The second-order valence-corrected chi connectivity index (χ2v) is 8.06. The summed E-state index contributed by atoms with van der Waals surface area (Å²) < 4.78 is 29.9. The first-order valence-corrected chi connectivity index (χ1v) is 9.46. The van der Waals surface area contributed by atoms with E-state index in [1.54, 1.807) is 0 Å². The number of carbonyl (C=O) groups excluding carboxylic acids is 1. The van der Waals surface area contributed by atoms with Gasteiger partial charge in [-0.15, -0.1) is 0 Å². The lowest BCUT2D eigenvalue weighted by atomic mass is 9.99. The maximum absolute atomic E-state index is 12.0. The zero-order valence-electron chi connectivity index (χ0n) is 13.3. The van der Waals surface area contributed by atoms with E-state index in [4.69, 9.17) is 4.74 Å². The van der Waals surface area contributed by atoms with Gasteiger partial charge in [0.2, 0.25) is 15.9 Å². The molecule has 1 heterocycles. The first-order chi connectivity index (χ1) is 9.80. The number of piperidine rings is 1. The van der Waals surface area contributed by atoms with Crippen LogP contribution < -0.4 is 5.32 Å². The predicted molar refractivity (Wildman–Crippen MR) is 82.4 cm³/mol. The third-order valence-electron chi connectivity index (χ3n) is 3.44. The standard InChI is InChI=1S/C14H28N2O4S/c1-12(2)11-20-9-5-7-15-14(17)13-6-4-8-16(10-13)21(3,18)19/h12-13H,4-11H2,1-3H3,(H,15,17). The van der Waals surface area contributed by atoms with Crippen molar-refractivity contribution in [3.63, 3.8) is 0 Å². The third kappa shape index (κ3) is 7.24. The number of sulfonamides is 1. The molecule has 1 fully saturated rings. The summed E-state index contributed by atoms with van der Waals surface area (Å²) in [7, 11) is -3.20. The number of hydrogen-bond acceptors (Lipinski definition) is 4. The summed E-state index contributed by atoms with van der Waals surface area (Å²) in [5, 5.41) is 2.87. The van der Waals surface area contributed by atoms with Crippen molar-refractivity contribution in [3.8, 4) is 0 Å². The van der Waals surface area contributed by atoms with Gasteiger partial charge in [0.25, 0.3) is 0 Å². The molecule has 0 aliphatic carbocycles. The molecule has 0 aromatic carbocycles. The summed E-state index contributed by atoms with van der Waals surface area (Å²) in [6, 6.07) is 0. The van der Waals surface area contributed by atoms with E-state index in [0.29, 0.717) is 32.2 Å². The molecule has 0 spiro atoms. The number of nitrogens with one attached hydrogen (secondary N) is 1. The van der Waals surface area contributed by atoms with Crippen molar-refractivity contribution in [2.24, 2.45) is 11.8 Å². The van der Waals surface area contributed by atoms with Crippen molar-refractivity contribution in [3.05, 3.63) is 0 Å². The Morgan fingerprint density at radius 3 is 2.76 bits per heavy atom. The molecule has 1 amide bonds. The van der Waals surface area contributed by atoms with Crippen LogP contribution in [0.2, 0.25) is 0 Å². The third-order valence-corrected chi connectivity index (χ3v) is 4.71. The molecule has 1 rings (SSSR count). The van der Waals surface area contributed by atoms with Crippen molar-refractivity contribution in [1.29, 1.82) is 0 Å². The molecule has 7 heteroatoms. The maximum atomic E-state index is 12.0. The Bertz CT molecular complexity index is 423. The molecule has 6 nitrogen and oxygen atoms in total. The lowest BCUT2D eigenvalue weighted by Crippen LogP contribution is -2.45. The molecule has 1 atom stereocenters. The van der Waals surface area contributed by atoms with Crippen LogP contribution >= 0.6 is 0 Å². The molecule has 1 saturated heterocycles. The van der Waals surface area contributed by atoms with Crippen LogP contribution in [-0.2, 0) is 19.6 Å². The summed E-state index contributed by atoms with van der Waals surface area (Å²) in [6.07, 6.45) is 3.46. The highest BCUT2D eigenvalue weighted by Gasteiger charge is 2.29. The van der Waals surface area contributed by atoms with E-state index in [-0.39, 0.29) is 11.8 Å². The van der Waals surface area contributed by atoms with Crippen LogP contribution in [0.1, 0.15) is 33.1 Å². The lowest BCUT2D eigenvalue weighted by molar-refractivity contribution is -0.126. The first-order valence-electron chi connectivity index (χ1n) is 7.61. The molecule has 21 heavy (non-hydrogen) atoms. The van der Waals surface area contributed by atoms with Crippen molar-refractivity contribution in [2.45, 2.75) is 33.1 Å². The van der Waals surface area contributed by atoms with Gasteiger partial charge in [-0.3, -0.25) is 4.79 Å². The second kappa shape index (κ2) is 8.70. The van der Waals surface area contributed by atoms with Gasteiger partial charge in [-0.05, 0) is 25.2 Å². The average Bonchev–Trinajstić information content (AvgIpc) is 2.41. The normalized spacial score (nSPS) is 20.7. The molecule has 0 aromatic rings. The van der Waals surface area contributed by atoms with Gasteiger partial charge in [0.05, 0.1) is 12.2 Å². The van der Waals surface area contributed by atoms with Crippen molar-refractivity contribution < 1.29 is 17.9 Å². The zero-order valence-corrected chi connectivity index (χ0v) is 14.1. The van der Waals surface area contributed by atoms with Crippen molar-refractivity contribution in [2.75, 3.05) is 39.1 Å². The number of ether oxygens (including phenoxy) is 1. The first kappa shape index (κ1) is 18.4. The largest absolute Gasteiger partial charge is 0.381 e. The quantitative estimate of drug-likeness (QED) is 0.672. The monoisotopic (exact) mass is 320 g/mol. The fourth-order valence-corrected chi connectivity index (χ4v) is 3.22. The van der Waals surface area contributed by atoms with Crippen LogP contribution in [0.15, 0.2) is 0 Å². The molecule has 1 aliphatic rings. The Kier molecular flexibility index (Phi) is 7.62. The summed E-state index contributed by atoms with van der Waals surface area (Å²) in [5.41, 5.74) is 0. The average molecular weight is 320 g/mol. The minimum absolute atomic E-state index is 0.0489. The molecular formula is C14H28N2O4S. The molecule has 0 bridgehead atoms. The van der Waals surface area contributed by atoms with Gasteiger partial charge >= 0.3 is 0 Å². The Morgan fingerprint density at radius 1 is 1.43 bits per heavy atom. The van der Waals surface area contributed by atoms with Gasteiger partial charge < -0.3 is 10.1 Å². The van der Waals surface area contributed by atoms with Crippen LogP contribution in [-0.4, -0.2) is 57.7 Å². The van der Waals surface area contributed by atoms with Crippen molar-refractivity contribution >= 4 is 15.9 Å². The van der Waals surface area contributed by atoms with Gasteiger partial charge in [-0.1, -0.05) is 13.8 Å². The number of amides is 1. The van der Waals surface area contributed by atoms with Gasteiger partial charge in [0, 0.05) is 32.8 Å². The lowest BCUT2D eigenvalue weighted by Gasteiger charge is -2.30. The van der Waals surface area contributed by atoms with E-state index >= 15 is 0 Å². The Labute approximate surface area is 128 Å². The second-order valence-electron chi connectivity index (χ2n) is 6.07. The summed E-state index contributed by atoms with van der Waals surface area (Å²) in [6.45, 7) is 6.96. The van der Waals surface area contributed by atoms with Gasteiger partial charge in [0.1, 0.15) is 0 Å². The molecule has 1 aliphatic heterocycles. The van der Waals surface area contributed by atoms with E-state index in [9.17, 15) is 13.2 Å². The molecule has 1 N–H and O–H groups in total. The summed E-state index contributed by atoms with van der Waals surface area (Å²) >= 11 is 0. The smallest absolute Gasteiger partial charge is 0.224 e. The Hall–Kier alpha value is -0.660. The number of carbonyl (C=O) groups is 1. The van der Waals surface area contributed by atoms with E-state index < -0.39 is 10.0 Å². The van der Waals surface area contributed by atoms with Crippen LogP contribution in [0.25, 0.3) is 0 Å². The highest BCUT2D eigenvalue weighted by Crippen LogP contribution is 2.18. The SMILES string of the molecule is CC(C)COCCCNC(=O)C1CCCN(S(C)(=O)=O)C1. The van der Waals surface area contributed by atoms with Crippen molar-refractivity contribution in [1.82, 2.24) is 9.62 Å². The molecule has 0 radical (unpaired) electrons. The Balaban J connectivity index is 2.23. The van der Waals surface area contributed by atoms with Crippen LogP contribution in [0.4, 0.5) is 0 Å². The van der Waals surface area contributed by atoms with Gasteiger partial charge in [-0.25, -0.2) is 12.7 Å². The molecule has 0 aromatic heterocycles. The van der Waals surface area contributed by atoms with E-state index in [0.717, 1.165) is 25.9 Å². The minimum Gasteiger partial charge on any atom is -0.381 e. The molecule has 1 unspecified atom stereocenters. The number of nitrogens with zero attached hydrogens (tertiary/aromatic N) is 1. The fourth-order valence-electron chi connectivity index (χ4n) is 2.31. The summed E-state index contributed by atoms with van der Waals surface area (Å²) in [5.74, 6) is 0.237. The fraction of sp³-hybridized carbons (Fsp3) is 0.929. The highest BCUT2D eigenvalue weighted by atomic mass is 32.2. The Morgan fingerprint density at radius 2 is 2.14 bits per heavy atom. The molecular weight excluding hydrogens is 292 g/mol. The van der Waals surface area contributed by atoms with Crippen LogP contribution in [0.3, 0.4) is 0 Å². The van der Waals surface area contributed by atoms with Crippen LogP contribution in [0, 0.1) is 11.8 Å².